The molecule has 0 fully saturated rings. The van der Waals surface area contributed by atoms with Crippen molar-refractivity contribution in [2.24, 2.45) is 14.1 Å². The number of hydrogen-bond acceptors (Lipinski definition) is 4. The molecule has 0 saturated heterocycles. The zero-order valence-corrected chi connectivity index (χ0v) is 11.4. The highest BCUT2D eigenvalue weighted by molar-refractivity contribution is 5.86. The first-order valence-electron chi connectivity index (χ1n) is 6.17. The maximum atomic E-state index is 12.4. The van der Waals surface area contributed by atoms with E-state index in [1.54, 1.807) is 24.4 Å². The molecule has 0 amide bonds. The number of aromatic amines is 2. The molecule has 2 N–H and O–H groups in total. The van der Waals surface area contributed by atoms with Gasteiger partial charge in [-0.2, -0.15) is 0 Å². The third-order valence-electron chi connectivity index (χ3n) is 3.31. The summed E-state index contributed by atoms with van der Waals surface area (Å²) < 4.78 is 2.21. The lowest BCUT2D eigenvalue weighted by molar-refractivity contribution is -0.374. The first kappa shape index (κ1) is 13.0. The topological polar surface area (TPSA) is 104 Å². The van der Waals surface area contributed by atoms with E-state index in [-0.39, 0.29) is 16.7 Å². The Morgan fingerprint density at radius 1 is 1.14 bits per heavy atom. The number of pyridine rings is 1. The molecular weight excluding hydrogens is 274 g/mol. The van der Waals surface area contributed by atoms with Crippen molar-refractivity contribution in [3.8, 4) is 11.4 Å². The second-order valence-electron chi connectivity index (χ2n) is 4.60. The zero-order chi connectivity index (χ0) is 15.1. The molecule has 0 aliphatic carbocycles. The van der Waals surface area contributed by atoms with Crippen LogP contribution in [-0.4, -0.2) is 19.1 Å². The highest BCUT2D eigenvalue weighted by atomic mass is 16.2. The average molecular weight is 286 g/mol. The summed E-state index contributed by atoms with van der Waals surface area (Å²) in [7, 11) is 2.87. The number of nitrogens with zero attached hydrogens (tertiary/aromatic N) is 3. The molecule has 0 unspecified atom stereocenters. The molecule has 0 radical (unpaired) electrons. The van der Waals surface area contributed by atoms with Gasteiger partial charge in [0.25, 0.3) is 5.56 Å². The summed E-state index contributed by atoms with van der Waals surface area (Å²) in [5, 5.41) is 0.206. The fraction of sp³-hybridized carbons (Fsp3) is 0.154. The van der Waals surface area contributed by atoms with Gasteiger partial charge >= 0.3 is 11.4 Å². The van der Waals surface area contributed by atoms with Crippen LogP contribution in [0.25, 0.3) is 22.4 Å². The van der Waals surface area contributed by atoms with E-state index in [4.69, 9.17) is 0 Å². The first-order valence-corrected chi connectivity index (χ1v) is 6.17. The number of aryl methyl sites for hydroxylation is 1. The van der Waals surface area contributed by atoms with Crippen LogP contribution in [0.4, 0.5) is 0 Å². The van der Waals surface area contributed by atoms with E-state index in [0.717, 1.165) is 4.57 Å². The van der Waals surface area contributed by atoms with Crippen LogP contribution in [0, 0.1) is 0 Å². The van der Waals surface area contributed by atoms with E-state index in [1.807, 2.05) is 0 Å². The van der Waals surface area contributed by atoms with Crippen molar-refractivity contribution in [1.29, 1.82) is 0 Å². The minimum absolute atomic E-state index is 0.160. The molecule has 0 spiro atoms. The van der Waals surface area contributed by atoms with Crippen molar-refractivity contribution in [2.75, 3.05) is 0 Å². The van der Waals surface area contributed by atoms with Gasteiger partial charge in [0, 0.05) is 13.2 Å². The Morgan fingerprint density at radius 3 is 2.57 bits per heavy atom. The number of aromatic nitrogens is 5. The standard InChI is InChI=1S/C13H11N5O3/c1-17-10-8(11(19)18(2)13(17)21)9(15-12(20)16-10)7-5-3-4-6-14-7/h3-6H,1-2H3,(H,15,16,20)/p+1. The molecule has 0 aliphatic heterocycles. The summed E-state index contributed by atoms with van der Waals surface area (Å²) in [4.78, 5) is 45.3. The molecule has 8 nitrogen and oxygen atoms in total. The van der Waals surface area contributed by atoms with Crippen molar-refractivity contribution in [3.05, 3.63) is 55.7 Å². The van der Waals surface area contributed by atoms with Gasteiger partial charge in [0.2, 0.25) is 5.65 Å². The number of nitrogens with one attached hydrogen (secondary N) is 2. The molecule has 3 rings (SSSR count). The van der Waals surface area contributed by atoms with Crippen LogP contribution in [0.2, 0.25) is 0 Å². The Hall–Kier alpha value is -3.03. The van der Waals surface area contributed by atoms with Crippen LogP contribution in [0.5, 0.6) is 0 Å². The Balaban J connectivity index is 2.62. The van der Waals surface area contributed by atoms with Crippen molar-refractivity contribution in [3.63, 3.8) is 0 Å². The summed E-state index contributed by atoms with van der Waals surface area (Å²) in [6.45, 7) is 0. The molecule has 3 aromatic heterocycles. The summed E-state index contributed by atoms with van der Waals surface area (Å²) in [6.07, 6.45) is 1.56. The molecule has 8 heteroatoms. The molecule has 3 aromatic rings. The minimum Gasteiger partial charge on any atom is -0.268 e. The fourth-order valence-electron chi connectivity index (χ4n) is 2.23. The van der Waals surface area contributed by atoms with Crippen molar-refractivity contribution in [2.45, 2.75) is 0 Å². The number of H-pyrrole nitrogens is 2. The largest absolute Gasteiger partial charge is 0.439 e. The first-order chi connectivity index (χ1) is 10.0. The number of fused-ring (bicyclic) bond motifs is 1. The molecule has 0 bridgehead atoms. The van der Waals surface area contributed by atoms with Gasteiger partial charge in [-0.15, -0.1) is 0 Å². The van der Waals surface area contributed by atoms with Crippen LogP contribution >= 0.6 is 0 Å². The molecule has 0 aromatic carbocycles. The predicted molar refractivity (Wildman–Crippen MR) is 74.8 cm³/mol. The van der Waals surface area contributed by atoms with Crippen LogP contribution < -0.4 is 21.9 Å². The smallest absolute Gasteiger partial charge is 0.268 e. The van der Waals surface area contributed by atoms with Gasteiger partial charge in [0.05, 0.1) is 7.05 Å². The lowest BCUT2D eigenvalue weighted by Crippen LogP contribution is -2.43. The average Bonchev–Trinajstić information content (AvgIpc) is 2.51. The van der Waals surface area contributed by atoms with Gasteiger partial charge in [0.15, 0.2) is 5.39 Å². The number of hydrogen-bond donors (Lipinski definition) is 1. The summed E-state index contributed by atoms with van der Waals surface area (Å²) in [6, 6.07) is 5.15. The number of rotatable bonds is 1. The van der Waals surface area contributed by atoms with E-state index >= 15 is 0 Å². The van der Waals surface area contributed by atoms with Gasteiger partial charge in [0.1, 0.15) is 11.4 Å². The van der Waals surface area contributed by atoms with E-state index in [9.17, 15) is 14.4 Å². The van der Waals surface area contributed by atoms with Crippen LogP contribution in [0.3, 0.4) is 0 Å². The van der Waals surface area contributed by atoms with Gasteiger partial charge in [-0.3, -0.25) is 9.78 Å². The highest BCUT2D eigenvalue weighted by Gasteiger charge is 2.21. The Labute approximate surface area is 117 Å². The molecule has 106 valence electrons. The van der Waals surface area contributed by atoms with Gasteiger partial charge in [-0.1, -0.05) is 6.07 Å². The SMILES string of the molecule is Cn1c(=O)c2c(-c3ccccn3)[nH]c(=O)[nH+]c2n(C)c1=O. The summed E-state index contributed by atoms with van der Waals surface area (Å²) in [5.74, 6) is 0. The normalized spacial score (nSPS) is 11.0. The molecule has 0 aliphatic rings. The monoisotopic (exact) mass is 286 g/mol. The quantitative estimate of drug-likeness (QED) is 0.607. The highest BCUT2D eigenvalue weighted by Crippen LogP contribution is 2.17. The van der Waals surface area contributed by atoms with Gasteiger partial charge in [-0.25, -0.2) is 28.7 Å². The third-order valence-corrected chi connectivity index (χ3v) is 3.31. The third kappa shape index (κ3) is 1.88. The molecule has 21 heavy (non-hydrogen) atoms. The van der Waals surface area contributed by atoms with E-state index in [2.05, 4.69) is 15.0 Å². The van der Waals surface area contributed by atoms with E-state index < -0.39 is 16.9 Å². The Kier molecular flexibility index (Phi) is 2.79. The zero-order valence-electron chi connectivity index (χ0n) is 11.4. The molecule has 0 saturated carbocycles. The van der Waals surface area contributed by atoms with E-state index in [0.29, 0.717) is 5.69 Å². The lowest BCUT2D eigenvalue weighted by atomic mass is 10.2. The van der Waals surface area contributed by atoms with Gasteiger partial charge < -0.3 is 0 Å². The van der Waals surface area contributed by atoms with Crippen LogP contribution in [-0.2, 0) is 14.1 Å². The van der Waals surface area contributed by atoms with Crippen molar-refractivity contribution < 1.29 is 4.98 Å². The Bertz CT molecular complexity index is 1010. The summed E-state index contributed by atoms with van der Waals surface area (Å²) >= 11 is 0. The molecule has 0 atom stereocenters. The molecular formula is C13H12N5O3+. The van der Waals surface area contributed by atoms with Crippen molar-refractivity contribution in [1.82, 2.24) is 19.1 Å². The van der Waals surface area contributed by atoms with E-state index in [1.165, 1.54) is 18.7 Å². The summed E-state index contributed by atoms with van der Waals surface area (Å²) in [5.41, 5.74) is -0.642. The minimum atomic E-state index is -0.522. The lowest BCUT2D eigenvalue weighted by Gasteiger charge is -2.05. The fourth-order valence-corrected chi connectivity index (χ4v) is 2.23. The Morgan fingerprint density at radius 2 is 1.90 bits per heavy atom. The maximum Gasteiger partial charge on any atom is 0.439 e. The molecule has 3 heterocycles. The van der Waals surface area contributed by atoms with Crippen LogP contribution in [0.1, 0.15) is 0 Å². The second kappa shape index (κ2) is 4.51. The predicted octanol–water partition coefficient (Wildman–Crippen LogP) is -1.20. The maximum absolute atomic E-state index is 12.4. The van der Waals surface area contributed by atoms with Crippen molar-refractivity contribution >= 4 is 11.0 Å². The second-order valence-corrected chi connectivity index (χ2v) is 4.60. The van der Waals surface area contributed by atoms with Gasteiger partial charge in [-0.05, 0) is 12.1 Å². The van der Waals surface area contributed by atoms with Crippen LogP contribution in [0.15, 0.2) is 38.8 Å².